The molecule has 4 nitrogen and oxygen atoms in total. The molecule has 0 aliphatic carbocycles. The molecule has 0 atom stereocenters. The Morgan fingerprint density at radius 1 is 1.20 bits per heavy atom. The van der Waals surface area contributed by atoms with Crippen molar-refractivity contribution in [1.29, 1.82) is 0 Å². The molecule has 0 saturated heterocycles. The Labute approximate surface area is 118 Å². The summed E-state index contributed by atoms with van der Waals surface area (Å²) in [5.74, 6) is 0.772. The van der Waals surface area contributed by atoms with E-state index in [2.05, 4.69) is 10.1 Å². The smallest absolute Gasteiger partial charge is 0.226 e. The Morgan fingerprint density at radius 3 is 2.80 bits per heavy atom. The maximum absolute atomic E-state index is 13.3. The highest BCUT2D eigenvalue weighted by Gasteiger charge is 2.11. The number of rotatable bonds is 7. The van der Waals surface area contributed by atoms with Gasteiger partial charge in [0, 0.05) is 12.0 Å². The van der Waals surface area contributed by atoms with E-state index in [0.717, 1.165) is 44.2 Å². The average molecular weight is 277 g/mol. The van der Waals surface area contributed by atoms with Crippen LogP contribution in [0.25, 0.3) is 11.4 Å². The van der Waals surface area contributed by atoms with Gasteiger partial charge in [0.25, 0.3) is 0 Å². The maximum atomic E-state index is 13.3. The number of hydrogen-bond acceptors (Lipinski definition) is 4. The zero-order valence-electron chi connectivity index (χ0n) is 11.7. The molecule has 0 aliphatic rings. The predicted molar refractivity (Wildman–Crippen MR) is 75.7 cm³/mol. The van der Waals surface area contributed by atoms with E-state index in [0.29, 0.717) is 17.3 Å². The lowest BCUT2D eigenvalue weighted by Gasteiger charge is -1.99. The third-order valence-electron chi connectivity index (χ3n) is 3.25. The van der Waals surface area contributed by atoms with E-state index in [4.69, 9.17) is 10.3 Å². The average Bonchev–Trinajstić information content (AvgIpc) is 2.90. The molecular weight excluding hydrogens is 257 g/mol. The van der Waals surface area contributed by atoms with E-state index in [1.54, 1.807) is 6.07 Å². The molecule has 0 spiro atoms. The van der Waals surface area contributed by atoms with Crippen molar-refractivity contribution in [3.05, 3.63) is 35.5 Å². The number of aromatic nitrogens is 2. The molecule has 0 bridgehead atoms. The van der Waals surface area contributed by atoms with Gasteiger partial charge in [-0.3, -0.25) is 0 Å². The highest BCUT2D eigenvalue weighted by atomic mass is 19.1. The lowest BCUT2D eigenvalue weighted by atomic mass is 10.1. The molecule has 108 valence electrons. The largest absolute Gasteiger partial charge is 0.339 e. The third kappa shape index (κ3) is 3.87. The van der Waals surface area contributed by atoms with E-state index in [1.165, 1.54) is 12.1 Å². The van der Waals surface area contributed by atoms with Crippen LogP contribution in [-0.2, 0) is 6.42 Å². The minimum atomic E-state index is -0.293. The SMILES string of the molecule is Cc1ccc(F)cc1-c1noc(CCCCCCN)n1. The number of aryl methyl sites for hydroxylation is 2. The van der Waals surface area contributed by atoms with Crippen LogP contribution >= 0.6 is 0 Å². The summed E-state index contributed by atoms with van der Waals surface area (Å²) < 4.78 is 18.5. The second-order valence-corrected chi connectivity index (χ2v) is 4.92. The molecule has 0 unspecified atom stereocenters. The number of hydrogen-bond donors (Lipinski definition) is 1. The fraction of sp³-hybridized carbons (Fsp3) is 0.467. The van der Waals surface area contributed by atoms with Gasteiger partial charge in [0.1, 0.15) is 5.82 Å². The molecule has 2 rings (SSSR count). The third-order valence-corrected chi connectivity index (χ3v) is 3.25. The van der Waals surface area contributed by atoms with Crippen LogP contribution < -0.4 is 5.73 Å². The van der Waals surface area contributed by atoms with Gasteiger partial charge >= 0.3 is 0 Å². The van der Waals surface area contributed by atoms with E-state index in [9.17, 15) is 4.39 Å². The molecule has 0 radical (unpaired) electrons. The van der Waals surface area contributed by atoms with E-state index in [1.807, 2.05) is 6.92 Å². The van der Waals surface area contributed by atoms with Crippen LogP contribution in [0.2, 0.25) is 0 Å². The highest BCUT2D eigenvalue weighted by Crippen LogP contribution is 2.21. The summed E-state index contributed by atoms with van der Waals surface area (Å²) in [6.45, 7) is 2.64. The molecule has 5 heteroatoms. The summed E-state index contributed by atoms with van der Waals surface area (Å²) in [4.78, 5) is 4.33. The number of benzene rings is 1. The van der Waals surface area contributed by atoms with Gasteiger partial charge in [-0.1, -0.05) is 24.1 Å². The van der Waals surface area contributed by atoms with E-state index < -0.39 is 0 Å². The zero-order chi connectivity index (χ0) is 14.4. The highest BCUT2D eigenvalue weighted by molar-refractivity contribution is 5.59. The molecule has 0 saturated carbocycles. The summed E-state index contributed by atoms with van der Waals surface area (Å²) in [6, 6.07) is 4.58. The van der Waals surface area contributed by atoms with Crippen LogP contribution in [0.1, 0.15) is 37.1 Å². The van der Waals surface area contributed by atoms with Crippen molar-refractivity contribution >= 4 is 0 Å². The van der Waals surface area contributed by atoms with Crippen LogP contribution in [0.15, 0.2) is 22.7 Å². The normalized spacial score (nSPS) is 10.9. The molecular formula is C15H20FN3O. The Hall–Kier alpha value is -1.75. The lowest BCUT2D eigenvalue weighted by molar-refractivity contribution is 0.374. The first kappa shape index (κ1) is 14.7. The standard InChI is InChI=1S/C15H20FN3O/c1-11-7-8-12(16)10-13(11)15-18-14(20-19-15)6-4-2-3-5-9-17/h7-8,10H,2-6,9,17H2,1H3. The van der Waals surface area contributed by atoms with Crippen LogP contribution in [-0.4, -0.2) is 16.7 Å². The van der Waals surface area contributed by atoms with Gasteiger partial charge in [-0.2, -0.15) is 4.98 Å². The van der Waals surface area contributed by atoms with Gasteiger partial charge in [-0.15, -0.1) is 0 Å². The number of nitrogens with two attached hydrogens (primary N) is 1. The minimum Gasteiger partial charge on any atom is -0.339 e. The molecule has 0 amide bonds. The Balaban J connectivity index is 1.96. The Morgan fingerprint density at radius 2 is 2.00 bits per heavy atom. The first-order chi connectivity index (χ1) is 9.70. The van der Waals surface area contributed by atoms with Crippen molar-refractivity contribution in [2.75, 3.05) is 6.54 Å². The molecule has 0 fully saturated rings. The Kier molecular flexibility index (Phi) is 5.24. The first-order valence-electron chi connectivity index (χ1n) is 7.00. The summed E-state index contributed by atoms with van der Waals surface area (Å²) in [6.07, 6.45) is 5.04. The molecule has 0 aliphatic heterocycles. The number of halogens is 1. The molecule has 1 heterocycles. The van der Waals surface area contributed by atoms with Crippen molar-refractivity contribution in [1.82, 2.24) is 10.1 Å². The number of nitrogens with zero attached hydrogens (tertiary/aromatic N) is 2. The fourth-order valence-corrected chi connectivity index (χ4v) is 2.08. The van der Waals surface area contributed by atoms with Gasteiger partial charge in [-0.25, -0.2) is 4.39 Å². The predicted octanol–water partition coefficient (Wildman–Crippen LogP) is 3.25. The van der Waals surface area contributed by atoms with Crippen molar-refractivity contribution in [3.8, 4) is 11.4 Å². The van der Waals surface area contributed by atoms with Gasteiger partial charge in [0.05, 0.1) is 0 Å². The summed E-state index contributed by atoms with van der Waals surface area (Å²) >= 11 is 0. The van der Waals surface area contributed by atoms with Crippen molar-refractivity contribution in [3.63, 3.8) is 0 Å². The van der Waals surface area contributed by atoms with Gasteiger partial charge in [-0.05, 0) is 44.0 Å². The molecule has 1 aromatic heterocycles. The van der Waals surface area contributed by atoms with E-state index in [-0.39, 0.29) is 5.82 Å². The first-order valence-corrected chi connectivity index (χ1v) is 7.00. The fourth-order valence-electron chi connectivity index (χ4n) is 2.08. The zero-order valence-corrected chi connectivity index (χ0v) is 11.7. The number of unbranched alkanes of at least 4 members (excludes halogenated alkanes) is 3. The monoisotopic (exact) mass is 277 g/mol. The van der Waals surface area contributed by atoms with Crippen LogP contribution in [0.3, 0.4) is 0 Å². The maximum Gasteiger partial charge on any atom is 0.226 e. The van der Waals surface area contributed by atoms with Crippen molar-refractivity contribution in [2.24, 2.45) is 5.73 Å². The van der Waals surface area contributed by atoms with Gasteiger partial charge in [0.2, 0.25) is 11.7 Å². The minimum absolute atomic E-state index is 0.293. The molecule has 1 aromatic carbocycles. The molecule has 20 heavy (non-hydrogen) atoms. The van der Waals surface area contributed by atoms with Gasteiger partial charge < -0.3 is 10.3 Å². The second-order valence-electron chi connectivity index (χ2n) is 4.92. The topological polar surface area (TPSA) is 64.9 Å². The molecule has 2 N–H and O–H groups in total. The van der Waals surface area contributed by atoms with Crippen molar-refractivity contribution in [2.45, 2.75) is 39.0 Å². The quantitative estimate of drug-likeness (QED) is 0.789. The van der Waals surface area contributed by atoms with Crippen molar-refractivity contribution < 1.29 is 8.91 Å². The van der Waals surface area contributed by atoms with Crippen LogP contribution in [0.5, 0.6) is 0 Å². The van der Waals surface area contributed by atoms with Crippen LogP contribution in [0, 0.1) is 12.7 Å². The summed E-state index contributed by atoms with van der Waals surface area (Å²) in [7, 11) is 0. The second kappa shape index (κ2) is 7.14. The summed E-state index contributed by atoms with van der Waals surface area (Å²) in [5, 5.41) is 3.93. The van der Waals surface area contributed by atoms with E-state index >= 15 is 0 Å². The van der Waals surface area contributed by atoms with Gasteiger partial charge in [0.15, 0.2) is 0 Å². The Bertz CT molecular complexity index is 554. The molecule has 2 aromatic rings. The lowest BCUT2D eigenvalue weighted by Crippen LogP contribution is -1.97. The summed E-state index contributed by atoms with van der Waals surface area (Å²) in [5.41, 5.74) is 7.06. The van der Waals surface area contributed by atoms with Crippen LogP contribution in [0.4, 0.5) is 4.39 Å².